The third-order valence-corrected chi connectivity index (χ3v) is 3.97. The van der Waals surface area contributed by atoms with Crippen molar-refractivity contribution >= 4 is 11.8 Å². The van der Waals surface area contributed by atoms with Crippen LogP contribution in [0, 0.1) is 0 Å². The van der Waals surface area contributed by atoms with Crippen LogP contribution in [0.2, 0.25) is 0 Å². The van der Waals surface area contributed by atoms with Crippen LogP contribution in [0.15, 0.2) is 48.5 Å². The van der Waals surface area contributed by atoms with E-state index in [4.69, 9.17) is 9.47 Å². The van der Waals surface area contributed by atoms with Crippen molar-refractivity contribution in [2.24, 2.45) is 0 Å². The van der Waals surface area contributed by atoms with Crippen molar-refractivity contribution in [3.05, 3.63) is 59.7 Å². The molecule has 0 bridgehead atoms. The highest BCUT2D eigenvalue weighted by Gasteiger charge is 2.12. The summed E-state index contributed by atoms with van der Waals surface area (Å²) in [5, 5.41) is 2.83. The summed E-state index contributed by atoms with van der Waals surface area (Å²) in [5.41, 5.74) is 1.52. The molecule has 2 aromatic carbocycles. The standard InChI is InChI=1S/C20H24N2O4/c1-15(23)22(14-16-7-5-4-6-8-16)12-11-21-20(24)17-9-10-18(25-2)19(13-17)26-3/h4-10,13H,11-12,14H2,1-3H3,(H,21,24). The first-order valence-corrected chi connectivity index (χ1v) is 8.34. The fraction of sp³-hybridized carbons (Fsp3) is 0.300. The van der Waals surface area contributed by atoms with E-state index in [2.05, 4.69) is 5.32 Å². The maximum Gasteiger partial charge on any atom is 0.251 e. The maximum atomic E-state index is 12.3. The van der Waals surface area contributed by atoms with Crippen molar-refractivity contribution in [1.29, 1.82) is 0 Å². The monoisotopic (exact) mass is 356 g/mol. The summed E-state index contributed by atoms with van der Waals surface area (Å²) < 4.78 is 10.4. The molecule has 0 aliphatic heterocycles. The molecule has 0 aliphatic rings. The SMILES string of the molecule is COc1ccc(C(=O)NCCN(Cc2ccccc2)C(C)=O)cc1OC. The predicted octanol–water partition coefficient (Wildman–Crippen LogP) is 2.48. The number of nitrogens with zero attached hydrogens (tertiary/aromatic N) is 1. The zero-order valence-electron chi connectivity index (χ0n) is 15.3. The van der Waals surface area contributed by atoms with Crippen molar-refractivity contribution in [1.82, 2.24) is 10.2 Å². The summed E-state index contributed by atoms with van der Waals surface area (Å²) in [4.78, 5) is 25.8. The van der Waals surface area contributed by atoms with Crippen LogP contribution in [0.1, 0.15) is 22.8 Å². The third kappa shape index (κ3) is 5.24. The minimum absolute atomic E-state index is 0.0331. The molecule has 6 nitrogen and oxygen atoms in total. The molecule has 2 amide bonds. The molecule has 6 heteroatoms. The number of hydrogen-bond donors (Lipinski definition) is 1. The van der Waals surface area contributed by atoms with Gasteiger partial charge in [-0.3, -0.25) is 9.59 Å². The normalized spacial score (nSPS) is 10.1. The second kappa shape index (κ2) is 9.46. The maximum absolute atomic E-state index is 12.3. The fourth-order valence-corrected chi connectivity index (χ4v) is 2.54. The van der Waals surface area contributed by atoms with Gasteiger partial charge < -0.3 is 19.7 Å². The lowest BCUT2D eigenvalue weighted by Crippen LogP contribution is -2.37. The van der Waals surface area contributed by atoms with Crippen LogP contribution in [0.4, 0.5) is 0 Å². The van der Waals surface area contributed by atoms with Crippen LogP contribution < -0.4 is 14.8 Å². The van der Waals surface area contributed by atoms with Crippen LogP contribution in [0.3, 0.4) is 0 Å². The highest BCUT2D eigenvalue weighted by Crippen LogP contribution is 2.27. The lowest BCUT2D eigenvalue weighted by Gasteiger charge is -2.21. The molecular formula is C20H24N2O4. The molecule has 0 atom stereocenters. The Morgan fingerprint density at radius 1 is 1.00 bits per heavy atom. The van der Waals surface area contributed by atoms with E-state index < -0.39 is 0 Å². The van der Waals surface area contributed by atoms with Gasteiger partial charge in [0.2, 0.25) is 5.91 Å². The van der Waals surface area contributed by atoms with Crippen LogP contribution >= 0.6 is 0 Å². The first kappa shape index (κ1) is 19.3. The Balaban J connectivity index is 1.92. The van der Waals surface area contributed by atoms with Crippen LogP contribution in [-0.2, 0) is 11.3 Å². The van der Waals surface area contributed by atoms with Gasteiger partial charge in [-0.2, -0.15) is 0 Å². The Hall–Kier alpha value is -3.02. The molecule has 1 N–H and O–H groups in total. The molecule has 0 saturated heterocycles. The quantitative estimate of drug-likeness (QED) is 0.789. The van der Waals surface area contributed by atoms with E-state index in [0.717, 1.165) is 5.56 Å². The summed E-state index contributed by atoms with van der Waals surface area (Å²) in [6.45, 7) is 2.84. The fourth-order valence-electron chi connectivity index (χ4n) is 2.54. The molecule has 0 radical (unpaired) electrons. The van der Waals surface area contributed by atoms with Crippen molar-refractivity contribution in [3.63, 3.8) is 0 Å². The zero-order valence-corrected chi connectivity index (χ0v) is 15.3. The van der Waals surface area contributed by atoms with Gasteiger partial charge in [0.15, 0.2) is 11.5 Å². The number of benzene rings is 2. The highest BCUT2D eigenvalue weighted by atomic mass is 16.5. The Kier molecular flexibility index (Phi) is 7.02. The smallest absolute Gasteiger partial charge is 0.251 e. The van der Waals surface area contributed by atoms with Gasteiger partial charge in [-0.15, -0.1) is 0 Å². The van der Waals surface area contributed by atoms with Crippen LogP contribution in [0.5, 0.6) is 11.5 Å². The average molecular weight is 356 g/mol. The number of methoxy groups -OCH3 is 2. The number of rotatable bonds is 8. The molecular weight excluding hydrogens is 332 g/mol. The lowest BCUT2D eigenvalue weighted by atomic mass is 10.2. The predicted molar refractivity (Wildman–Crippen MR) is 99.4 cm³/mol. The van der Waals surface area contributed by atoms with Crippen molar-refractivity contribution in [3.8, 4) is 11.5 Å². The molecule has 0 aliphatic carbocycles. The van der Waals surface area contributed by atoms with Gasteiger partial charge in [0, 0.05) is 32.1 Å². The van der Waals surface area contributed by atoms with E-state index in [9.17, 15) is 9.59 Å². The largest absolute Gasteiger partial charge is 0.493 e. The van der Waals surface area contributed by atoms with Gasteiger partial charge >= 0.3 is 0 Å². The first-order valence-electron chi connectivity index (χ1n) is 8.34. The molecule has 0 spiro atoms. The second-order valence-corrected chi connectivity index (χ2v) is 5.75. The number of hydrogen-bond acceptors (Lipinski definition) is 4. The summed E-state index contributed by atoms with van der Waals surface area (Å²) in [7, 11) is 3.06. The lowest BCUT2D eigenvalue weighted by molar-refractivity contribution is -0.129. The number of amides is 2. The molecule has 0 fully saturated rings. The van der Waals surface area contributed by atoms with Crippen molar-refractivity contribution in [2.75, 3.05) is 27.3 Å². The van der Waals surface area contributed by atoms with Crippen LogP contribution in [0.25, 0.3) is 0 Å². The number of nitrogens with one attached hydrogen (secondary N) is 1. The molecule has 138 valence electrons. The molecule has 2 rings (SSSR count). The zero-order chi connectivity index (χ0) is 18.9. The molecule has 0 aromatic heterocycles. The summed E-state index contributed by atoms with van der Waals surface area (Å²) in [6.07, 6.45) is 0. The van der Waals surface area contributed by atoms with E-state index in [1.807, 2.05) is 30.3 Å². The van der Waals surface area contributed by atoms with Gasteiger partial charge in [0.05, 0.1) is 14.2 Å². The summed E-state index contributed by atoms with van der Waals surface area (Å²) in [6, 6.07) is 14.7. The Morgan fingerprint density at radius 2 is 1.69 bits per heavy atom. The Morgan fingerprint density at radius 3 is 2.31 bits per heavy atom. The molecule has 2 aromatic rings. The minimum Gasteiger partial charge on any atom is -0.493 e. The Labute approximate surface area is 153 Å². The van der Waals surface area contributed by atoms with Gasteiger partial charge in [-0.05, 0) is 23.8 Å². The van der Waals surface area contributed by atoms with Gasteiger partial charge in [0.1, 0.15) is 0 Å². The summed E-state index contributed by atoms with van der Waals surface area (Å²) >= 11 is 0. The topological polar surface area (TPSA) is 67.9 Å². The number of carbonyl (C=O) groups is 2. The van der Waals surface area contributed by atoms with Gasteiger partial charge in [-0.25, -0.2) is 0 Å². The van der Waals surface area contributed by atoms with Crippen molar-refractivity contribution < 1.29 is 19.1 Å². The third-order valence-electron chi connectivity index (χ3n) is 3.97. The van der Waals surface area contributed by atoms with Gasteiger partial charge in [-0.1, -0.05) is 30.3 Å². The van der Waals surface area contributed by atoms with Crippen LogP contribution in [-0.4, -0.2) is 44.0 Å². The number of carbonyl (C=O) groups excluding carboxylic acids is 2. The molecule has 26 heavy (non-hydrogen) atoms. The molecule has 0 heterocycles. The second-order valence-electron chi connectivity index (χ2n) is 5.75. The van der Waals surface area contributed by atoms with Gasteiger partial charge in [0.25, 0.3) is 5.91 Å². The summed E-state index contributed by atoms with van der Waals surface area (Å²) in [5.74, 6) is 0.799. The number of ether oxygens (including phenoxy) is 2. The van der Waals surface area contributed by atoms with E-state index in [-0.39, 0.29) is 11.8 Å². The molecule has 0 saturated carbocycles. The van der Waals surface area contributed by atoms with E-state index >= 15 is 0 Å². The van der Waals surface area contributed by atoms with E-state index in [1.54, 1.807) is 30.2 Å². The average Bonchev–Trinajstić information content (AvgIpc) is 2.67. The highest BCUT2D eigenvalue weighted by molar-refractivity contribution is 5.94. The first-order chi connectivity index (χ1) is 12.5. The van der Waals surface area contributed by atoms with Crippen molar-refractivity contribution in [2.45, 2.75) is 13.5 Å². The van der Waals surface area contributed by atoms with E-state index in [0.29, 0.717) is 36.7 Å². The minimum atomic E-state index is -0.228. The van der Waals surface area contributed by atoms with E-state index in [1.165, 1.54) is 14.0 Å². The Bertz CT molecular complexity index is 747. The molecule has 0 unspecified atom stereocenters.